The molecule has 1 aromatic heterocycles. The van der Waals surface area contributed by atoms with Gasteiger partial charge in [0.2, 0.25) is 10.0 Å². The number of sulfonamides is 1. The number of methoxy groups -OCH3 is 1. The first-order valence-corrected chi connectivity index (χ1v) is 9.90. The summed E-state index contributed by atoms with van der Waals surface area (Å²) in [6.07, 6.45) is 1.44. The minimum absolute atomic E-state index is 0.0975. The Morgan fingerprint density at radius 1 is 1.12 bits per heavy atom. The molecule has 26 heavy (non-hydrogen) atoms. The van der Waals surface area contributed by atoms with Crippen molar-refractivity contribution in [2.24, 2.45) is 7.05 Å². The van der Waals surface area contributed by atoms with Gasteiger partial charge in [0.05, 0.1) is 7.11 Å². The van der Waals surface area contributed by atoms with Gasteiger partial charge in [-0.1, -0.05) is 11.6 Å². The summed E-state index contributed by atoms with van der Waals surface area (Å²) in [6, 6.07) is 8.84. The van der Waals surface area contributed by atoms with Crippen LogP contribution in [0.2, 0.25) is 5.02 Å². The molecule has 1 aliphatic rings. The molecule has 0 unspecified atom stereocenters. The second-order valence-corrected chi connectivity index (χ2v) is 8.41. The van der Waals surface area contributed by atoms with Crippen LogP contribution in [0.4, 0.5) is 5.69 Å². The highest BCUT2D eigenvalue weighted by Crippen LogP contribution is 2.23. The van der Waals surface area contributed by atoms with Crippen LogP contribution in [0, 0.1) is 0 Å². The Bertz CT molecular complexity index is 901. The molecule has 1 saturated heterocycles. The van der Waals surface area contributed by atoms with Gasteiger partial charge in [-0.3, -0.25) is 0 Å². The first-order valence-electron chi connectivity index (χ1n) is 8.08. The van der Waals surface area contributed by atoms with Crippen LogP contribution in [0.1, 0.15) is 10.5 Å². The topological polar surface area (TPSA) is 71.8 Å². The van der Waals surface area contributed by atoms with Gasteiger partial charge in [-0.25, -0.2) is 13.2 Å². The molecule has 0 N–H and O–H groups in total. The number of aryl methyl sites for hydroxylation is 1. The maximum Gasteiger partial charge on any atom is 0.354 e. The third kappa shape index (κ3) is 3.58. The van der Waals surface area contributed by atoms with E-state index in [0.717, 1.165) is 5.69 Å². The van der Waals surface area contributed by atoms with Crippen molar-refractivity contribution < 1.29 is 17.9 Å². The number of halogens is 1. The molecule has 140 valence electrons. The van der Waals surface area contributed by atoms with Crippen molar-refractivity contribution in [2.45, 2.75) is 4.90 Å². The summed E-state index contributed by atoms with van der Waals surface area (Å²) in [5.41, 5.74) is 1.21. The fraction of sp³-hybridized carbons (Fsp3) is 0.353. The van der Waals surface area contributed by atoms with Gasteiger partial charge < -0.3 is 14.2 Å². The number of aromatic nitrogens is 1. The number of piperazine rings is 1. The van der Waals surface area contributed by atoms with Crippen molar-refractivity contribution in [3.8, 4) is 0 Å². The van der Waals surface area contributed by atoms with Crippen LogP contribution in [0.5, 0.6) is 0 Å². The number of hydrogen-bond acceptors (Lipinski definition) is 5. The molecule has 2 aromatic rings. The van der Waals surface area contributed by atoms with Gasteiger partial charge in [0, 0.05) is 50.1 Å². The van der Waals surface area contributed by atoms with Crippen molar-refractivity contribution in [1.82, 2.24) is 8.87 Å². The molecule has 0 spiro atoms. The molecule has 0 radical (unpaired) electrons. The number of esters is 1. The summed E-state index contributed by atoms with van der Waals surface area (Å²) < 4.78 is 33.3. The van der Waals surface area contributed by atoms with Gasteiger partial charge in [0.1, 0.15) is 10.6 Å². The van der Waals surface area contributed by atoms with Crippen LogP contribution < -0.4 is 4.90 Å². The summed E-state index contributed by atoms with van der Waals surface area (Å²) in [4.78, 5) is 13.9. The summed E-state index contributed by atoms with van der Waals surface area (Å²) >= 11 is 5.91. The number of nitrogens with zero attached hydrogens (tertiary/aromatic N) is 3. The molecule has 3 rings (SSSR count). The number of carbonyl (C=O) groups is 1. The second kappa shape index (κ2) is 7.30. The molecule has 9 heteroatoms. The minimum Gasteiger partial charge on any atom is -0.464 e. The third-order valence-corrected chi connectivity index (χ3v) is 6.56. The van der Waals surface area contributed by atoms with Gasteiger partial charge in [0.25, 0.3) is 0 Å². The molecule has 2 heterocycles. The van der Waals surface area contributed by atoms with E-state index in [4.69, 9.17) is 11.6 Å². The smallest absolute Gasteiger partial charge is 0.354 e. The zero-order valence-electron chi connectivity index (χ0n) is 14.6. The van der Waals surface area contributed by atoms with E-state index in [0.29, 0.717) is 31.2 Å². The first-order chi connectivity index (χ1) is 12.3. The number of rotatable bonds is 4. The Labute approximate surface area is 157 Å². The summed E-state index contributed by atoms with van der Waals surface area (Å²) in [6.45, 7) is 1.90. The Kier molecular flexibility index (Phi) is 5.27. The van der Waals surface area contributed by atoms with E-state index in [-0.39, 0.29) is 10.6 Å². The van der Waals surface area contributed by atoms with Crippen LogP contribution in [0.3, 0.4) is 0 Å². The van der Waals surface area contributed by atoms with E-state index >= 15 is 0 Å². The summed E-state index contributed by atoms with van der Waals surface area (Å²) in [7, 11) is -0.783. The molecule has 0 bridgehead atoms. The molecular formula is C17H20ClN3O4S. The quantitative estimate of drug-likeness (QED) is 0.737. The lowest BCUT2D eigenvalue weighted by Gasteiger charge is -2.35. The third-order valence-electron chi connectivity index (χ3n) is 4.44. The summed E-state index contributed by atoms with van der Waals surface area (Å²) in [5.74, 6) is -0.568. The van der Waals surface area contributed by atoms with E-state index < -0.39 is 16.0 Å². The Hall–Kier alpha value is -2.03. The average Bonchev–Trinajstić information content (AvgIpc) is 3.04. The fourth-order valence-electron chi connectivity index (χ4n) is 2.97. The molecule has 1 fully saturated rings. The number of ether oxygens (including phenoxy) is 1. The first kappa shape index (κ1) is 18.8. The molecule has 0 amide bonds. The van der Waals surface area contributed by atoms with Gasteiger partial charge >= 0.3 is 5.97 Å². The highest BCUT2D eigenvalue weighted by Gasteiger charge is 2.30. The molecule has 0 saturated carbocycles. The molecular weight excluding hydrogens is 378 g/mol. The zero-order valence-corrected chi connectivity index (χ0v) is 16.1. The van der Waals surface area contributed by atoms with E-state index in [1.54, 1.807) is 7.05 Å². The van der Waals surface area contributed by atoms with E-state index in [9.17, 15) is 13.2 Å². The standard InChI is InChI=1S/C17H20ClN3O4S/c1-19-12-15(11-16(19)17(22)25-2)26(23,24)21-9-7-20(8-10-21)14-5-3-13(18)4-6-14/h3-6,11-12H,7-10H2,1-2H3. The van der Waals surface area contributed by atoms with Gasteiger partial charge in [-0.15, -0.1) is 0 Å². The predicted molar refractivity (Wildman–Crippen MR) is 99.2 cm³/mol. The van der Waals surface area contributed by atoms with Crippen molar-refractivity contribution in [3.63, 3.8) is 0 Å². The molecule has 1 aliphatic heterocycles. The average molecular weight is 398 g/mol. The van der Waals surface area contributed by atoms with Gasteiger partial charge in [-0.2, -0.15) is 4.31 Å². The Morgan fingerprint density at radius 2 is 1.73 bits per heavy atom. The predicted octanol–water partition coefficient (Wildman–Crippen LogP) is 1.98. The number of carbonyl (C=O) groups excluding carboxylic acids is 1. The Balaban J connectivity index is 1.74. The van der Waals surface area contributed by atoms with Crippen LogP contribution in [-0.2, 0) is 21.8 Å². The molecule has 0 atom stereocenters. The van der Waals surface area contributed by atoms with Crippen molar-refractivity contribution >= 4 is 33.3 Å². The van der Waals surface area contributed by atoms with E-state index in [2.05, 4.69) is 9.64 Å². The maximum atomic E-state index is 12.9. The lowest BCUT2D eigenvalue weighted by Crippen LogP contribution is -2.48. The largest absolute Gasteiger partial charge is 0.464 e. The highest BCUT2D eigenvalue weighted by molar-refractivity contribution is 7.89. The van der Waals surface area contributed by atoms with Crippen LogP contribution in [-0.4, -0.2) is 56.5 Å². The minimum atomic E-state index is -3.66. The number of anilines is 1. The van der Waals surface area contributed by atoms with E-state index in [1.807, 2.05) is 24.3 Å². The van der Waals surface area contributed by atoms with Crippen molar-refractivity contribution in [1.29, 1.82) is 0 Å². The van der Waals surface area contributed by atoms with Crippen LogP contribution in [0.25, 0.3) is 0 Å². The monoisotopic (exact) mass is 397 g/mol. The number of benzene rings is 1. The Morgan fingerprint density at radius 3 is 2.31 bits per heavy atom. The van der Waals surface area contributed by atoms with Crippen molar-refractivity contribution in [2.75, 3.05) is 38.2 Å². The van der Waals surface area contributed by atoms with Crippen LogP contribution >= 0.6 is 11.6 Å². The number of hydrogen-bond donors (Lipinski definition) is 0. The lowest BCUT2D eigenvalue weighted by molar-refractivity contribution is 0.0590. The molecule has 0 aliphatic carbocycles. The fourth-order valence-corrected chi connectivity index (χ4v) is 4.59. The van der Waals surface area contributed by atoms with Crippen molar-refractivity contribution in [3.05, 3.63) is 47.2 Å². The van der Waals surface area contributed by atoms with Gasteiger partial charge in [0.15, 0.2) is 0 Å². The molecule has 7 nitrogen and oxygen atoms in total. The normalized spacial score (nSPS) is 15.9. The van der Waals surface area contributed by atoms with Gasteiger partial charge in [-0.05, 0) is 30.3 Å². The van der Waals surface area contributed by atoms with Crippen LogP contribution in [0.15, 0.2) is 41.4 Å². The second-order valence-electron chi connectivity index (χ2n) is 6.03. The lowest BCUT2D eigenvalue weighted by atomic mass is 10.2. The zero-order chi connectivity index (χ0) is 18.9. The van der Waals surface area contributed by atoms with E-state index in [1.165, 1.54) is 28.2 Å². The maximum absolute atomic E-state index is 12.9. The SMILES string of the molecule is COC(=O)c1cc(S(=O)(=O)N2CCN(c3ccc(Cl)cc3)CC2)cn1C. The highest BCUT2D eigenvalue weighted by atomic mass is 35.5. The molecule has 1 aromatic carbocycles. The summed E-state index contributed by atoms with van der Waals surface area (Å²) in [5, 5.41) is 0.667.